The van der Waals surface area contributed by atoms with Crippen molar-refractivity contribution in [2.45, 2.75) is 6.42 Å². The maximum Gasteiger partial charge on any atom is 0.259 e. The summed E-state index contributed by atoms with van der Waals surface area (Å²) in [6, 6.07) is 9.04. The van der Waals surface area contributed by atoms with E-state index in [2.05, 4.69) is 5.10 Å². The maximum atomic E-state index is 10.9. The van der Waals surface area contributed by atoms with E-state index in [1.165, 1.54) is 6.08 Å². The molecule has 1 aromatic rings. The molecule has 0 saturated carbocycles. The minimum atomic E-state index is -0.734. The van der Waals surface area contributed by atoms with E-state index in [9.17, 15) is 4.79 Å². The summed E-state index contributed by atoms with van der Waals surface area (Å²) in [4.78, 5) is 10.9. The quantitative estimate of drug-likeness (QED) is 0.674. The van der Waals surface area contributed by atoms with Crippen LogP contribution in [0.4, 0.5) is 5.69 Å². The molecule has 1 aliphatic rings. The van der Waals surface area contributed by atoms with E-state index in [4.69, 9.17) is 22.6 Å². The number of anilines is 1. The molecule has 0 atom stereocenters. The fourth-order valence-electron chi connectivity index (χ4n) is 1.68. The lowest BCUT2D eigenvalue weighted by molar-refractivity contribution is -0.114. The lowest BCUT2D eigenvalue weighted by Gasteiger charge is -2.13. The van der Waals surface area contributed by atoms with E-state index in [-0.39, 0.29) is 5.57 Å². The predicted molar refractivity (Wildman–Crippen MR) is 74.5 cm³/mol. The number of hydrogen-bond donors (Lipinski definition) is 1. The van der Waals surface area contributed by atoms with E-state index in [1.54, 1.807) is 23.2 Å². The van der Waals surface area contributed by atoms with Crippen LogP contribution in [-0.2, 0) is 4.79 Å². The van der Waals surface area contributed by atoms with Crippen LogP contribution >= 0.6 is 11.6 Å². The average molecular weight is 275 g/mol. The number of carbonyl (C=O) groups excluding carboxylic acids is 1. The van der Waals surface area contributed by atoms with Crippen LogP contribution in [0.5, 0.6) is 0 Å². The lowest BCUT2D eigenvalue weighted by atomic mass is 10.1. The number of carbonyl (C=O) groups is 1. The number of benzene rings is 1. The van der Waals surface area contributed by atoms with Gasteiger partial charge in [-0.2, -0.15) is 10.4 Å². The Balaban J connectivity index is 2.20. The van der Waals surface area contributed by atoms with Crippen molar-refractivity contribution in [2.75, 3.05) is 11.6 Å². The Morgan fingerprint density at radius 3 is 2.63 bits per heavy atom. The van der Waals surface area contributed by atoms with Gasteiger partial charge in [0.1, 0.15) is 16.8 Å². The molecule has 5 nitrogen and oxygen atoms in total. The summed E-state index contributed by atoms with van der Waals surface area (Å²) < 4.78 is 0. The number of primary amides is 1. The van der Waals surface area contributed by atoms with Crippen LogP contribution in [0.2, 0.25) is 0 Å². The van der Waals surface area contributed by atoms with Gasteiger partial charge >= 0.3 is 0 Å². The molecular weight excluding hydrogens is 264 g/mol. The van der Waals surface area contributed by atoms with Crippen molar-refractivity contribution in [1.29, 1.82) is 5.26 Å². The summed E-state index contributed by atoms with van der Waals surface area (Å²) in [6.07, 6.45) is 2.19. The van der Waals surface area contributed by atoms with Crippen LogP contribution in [-0.4, -0.2) is 17.6 Å². The number of hydrogen-bond acceptors (Lipinski definition) is 4. The van der Waals surface area contributed by atoms with Crippen LogP contribution in [0.15, 0.2) is 34.9 Å². The molecule has 6 heteroatoms. The Morgan fingerprint density at radius 1 is 1.47 bits per heavy atom. The first-order valence-corrected chi connectivity index (χ1v) is 6.00. The molecule has 1 amide bonds. The van der Waals surface area contributed by atoms with E-state index < -0.39 is 5.91 Å². The molecule has 19 heavy (non-hydrogen) atoms. The number of nitriles is 1. The SMILES string of the molecule is N#CC(=Cc1ccc(N2CCC(Cl)=N2)cc1)C(N)=O. The molecule has 0 fully saturated rings. The topological polar surface area (TPSA) is 82.5 Å². The molecule has 1 aliphatic heterocycles. The zero-order valence-electron chi connectivity index (χ0n) is 10.0. The zero-order chi connectivity index (χ0) is 13.8. The Bertz CT molecular complexity index is 598. The van der Waals surface area contributed by atoms with Crippen molar-refractivity contribution in [3.05, 3.63) is 35.4 Å². The van der Waals surface area contributed by atoms with E-state index >= 15 is 0 Å². The second-order valence-electron chi connectivity index (χ2n) is 3.98. The normalized spacial score (nSPS) is 15.1. The van der Waals surface area contributed by atoms with Crippen molar-refractivity contribution >= 4 is 34.4 Å². The molecule has 0 bridgehead atoms. The van der Waals surface area contributed by atoms with Gasteiger partial charge in [0.05, 0.1) is 5.69 Å². The molecule has 0 radical (unpaired) electrons. The van der Waals surface area contributed by atoms with Gasteiger partial charge in [-0.1, -0.05) is 23.7 Å². The Labute approximate surface area is 115 Å². The summed E-state index contributed by atoms with van der Waals surface area (Å²) in [6.45, 7) is 0.749. The highest BCUT2D eigenvalue weighted by Crippen LogP contribution is 2.21. The molecule has 0 saturated heterocycles. The Kier molecular flexibility index (Phi) is 3.83. The van der Waals surface area contributed by atoms with Crippen LogP contribution in [0.1, 0.15) is 12.0 Å². The molecule has 1 aromatic carbocycles. The highest BCUT2D eigenvalue weighted by Gasteiger charge is 2.13. The van der Waals surface area contributed by atoms with Crippen LogP contribution in [0.3, 0.4) is 0 Å². The first kappa shape index (κ1) is 13.1. The van der Waals surface area contributed by atoms with Gasteiger partial charge in [0.15, 0.2) is 0 Å². The number of amides is 1. The monoisotopic (exact) mass is 274 g/mol. The van der Waals surface area contributed by atoms with Gasteiger partial charge < -0.3 is 5.73 Å². The van der Waals surface area contributed by atoms with Crippen molar-refractivity contribution in [3.8, 4) is 6.07 Å². The van der Waals surface area contributed by atoms with Gasteiger partial charge in [-0.25, -0.2) is 0 Å². The van der Waals surface area contributed by atoms with Gasteiger partial charge in [-0.05, 0) is 23.8 Å². The number of hydrazone groups is 1. The second kappa shape index (κ2) is 5.55. The first-order valence-electron chi connectivity index (χ1n) is 5.62. The van der Waals surface area contributed by atoms with Gasteiger partial charge in [-0.15, -0.1) is 0 Å². The maximum absolute atomic E-state index is 10.9. The number of nitrogens with two attached hydrogens (primary N) is 1. The largest absolute Gasteiger partial charge is 0.365 e. The minimum absolute atomic E-state index is 0.0741. The lowest BCUT2D eigenvalue weighted by Crippen LogP contribution is -2.12. The third-order valence-corrected chi connectivity index (χ3v) is 2.91. The second-order valence-corrected chi connectivity index (χ2v) is 4.41. The van der Waals surface area contributed by atoms with Crippen LogP contribution < -0.4 is 10.7 Å². The zero-order valence-corrected chi connectivity index (χ0v) is 10.8. The van der Waals surface area contributed by atoms with Gasteiger partial charge in [0, 0.05) is 13.0 Å². The molecule has 0 aromatic heterocycles. The summed E-state index contributed by atoms with van der Waals surface area (Å²) >= 11 is 5.82. The van der Waals surface area contributed by atoms with Crippen molar-refractivity contribution in [1.82, 2.24) is 0 Å². The number of rotatable bonds is 3. The van der Waals surface area contributed by atoms with Crippen molar-refractivity contribution in [3.63, 3.8) is 0 Å². The first-order chi connectivity index (χ1) is 9.10. The molecule has 2 N–H and O–H groups in total. The van der Waals surface area contributed by atoms with Gasteiger partial charge in [0.2, 0.25) is 0 Å². The third-order valence-electron chi connectivity index (χ3n) is 2.65. The fourth-order valence-corrected chi connectivity index (χ4v) is 1.86. The van der Waals surface area contributed by atoms with E-state index in [0.717, 1.165) is 24.2 Å². The van der Waals surface area contributed by atoms with Crippen LogP contribution in [0, 0.1) is 11.3 Å². The fraction of sp³-hybridized carbons (Fsp3) is 0.154. The van der Waals surface area contributed by atoms with E-state index in [0.29, 0.717) is 5.17 Å². The van der Waals surface area contributed by atoms with Gasteiger partial charge in [0.25, 0.3) is 5.91 Å². The summed E-state index contributed by atoms with van der Waals surface area (Å²) in [5.74, 6) is -0.734. The number of nitrogens with zero attached hydrogens (tertiary/aromatic N) is 3. The van der Waals surface area contributed by atoms with Crippen LogP contribution in [0.25, 0.3) is 6.08 Å². The Morgan fingerprint density at radius 2 is 2.16 bits per heavy atom. The average Bonchev–Trinajstić information content (AvgIpc) is 2.83. The molecule has 2 rings (SSSR count). The van der Waals surface area contributed by atoms with Gasteiger partial charge in [-0.3, -0.25) is 9.80 Å². The highest BCUT2D eigenvalue weighted by atomic mass is 35.5. The summed E-state index contributed by atoms with van der Waals surface area (Å²) in [5, 5.41) is 15.3. The van der Waals surface area contributed by atoms with E-state index in [1.807, 2.05) is 12.1 Å². The van der Waals surface area contributed by atoms with Crippen molar-refractivity contribution in [2.24, 2.45) is 10.8 Å². The molecule has 0 aliphatic carbocycles. The number of halogens is 1. The minimum Gasteiger partial charge on any atom is -0.365 e. The molecule has 1 heterocycles. The molecule has 96 valence electrons. The highest BCUT2D eigenvalue weighted by molar-refractivity contribution is 6.65. The Hall–Kier alpha value is -2.32. The standard InChI is InChI=1S/C13H11ClN4O/c14-12-5-6-18(17-12)11-3-1-9(2-4-11)7-10(8-15)13(16)19/h1-4,7H,5-6H2,(H2,16,19). The molecule has 0 spiro atoms. The molecule has 0 unspecified atom stereocenters. The summed E-state index contributed by atoms with van der Waals surface area (Å²) in [5.41, 5.74) is 6.63. The predicted octanol–water partition coefficient (Wildman–Crippen LogP) is 1.84. The third kappa shape index (κ3) is 3.12. The van der Waals surface area contributed by atoms with Crippen molar-refractivity contribution < 1.29 is 4.79 Å². The molecular formula is C13H11ClN4O. The summed E-state index contributed by atoms with van der Waals surface area (Å²) in [7, 11) is 0. The smallest absolute Gasteiger partial charge is 0.259 e.